The number of hydrogen-bond donors (Lipinski definition) is 0. The van der Waals surface area contributed by atoms with Crippen LogP contribution in [0.5, 0.6) is 0 Å². The molecular formula is C21H21ClN2O3. The molecule has 0 aliphatic rings. The van der Waals surface area contributed by atoms with Crippen LogP contribution in [0.1, 0.15) is 22.5 Å². The maximum atomic E-state index is 11.8. The molecule has 5 nitrogen and oxygen atoms in total. The van der Waals surface area contributed by atoms with Gasteiger partial charge in [0.25, 0.3) is 0 Å². The first-order chi connectivity index (χ1) is 13.0. The summed E-state index contributed by atoms with van der Waals surface area (Å²) in [6, 6.07) is 17.1. The quantitative estimate of drug-likeness (QED) is 0.566. The number of halogens is 1. The highest BCUT2D eigenvalue weighted by atomic mass is 35.5. The molecule has 0 saturated heterocycles. The monoisotopic (exact) mass is 384 g/mol. The first kappa shape index (κ1) is 19.1. The Kier molecular flexibility index (Phi) is 6.27. The topological polar surface area (TPSA) is 53.4 Å². The largest absolute Gasteiger partial charge is 0.459 e. The number of nitrogens with zero attached hydrogens (tertiary/aromatic N) is 2. The standard InChI is InChI=1S/C21H21ClN2O3/c1-15-11-16(2)24(23-15)19-9-7-17(8-10-19)12-27-21(25)14-26-13-18-5-3-4-6-20(18)22/h3-11H,12-14H2,1-2H3. The molecule has 0 amide bonds. The van der Waals surface area contributed by atoms with E-state index in [1.807, 2.05) is 67.1 Å². The number of aromatic nitrogens is 2. The summed E-state index contributed by atoms with van der Waals surface area (Å²) in [6.45, 7) is 4.33. The van der Waals surface area contributed by atoms with Gasteiger partial charge in [-0.05, 0) is 49.2 Å². The minimum absolute atomic E-state index is 0.116. The second kappa shape index (κ2) is 8.84. The fraction of sp³-hybridized carbons (Fsp3) is 0.238. The van der Waals surface area contributed by atoms with Crippen LogP contribution in [0.4, 0.5) is 0 Å². The second-order valence-electron chi connectivity index (χ2n) is 6.25. The Hall–Kier alpha value is -2.63. The lowest BCUT2D eigenvalue weighted by Crippen LogP contribution is -2.12. The number of esters is 1. The fourth-order valence-corrected chi connectivity index (χ4v) is 2.88. The second-order valence-corrected chi connectivity index (χ2v) is 6.66. The van der Waals surface area contributed by atoms with E-state index in [0.717, 1.165) is 28.2 Å². The molecule has 6 heteroatoms. The summed E-state index contributed by atoms with van der Waals surface area (Å²) in [5, 5.41) is 5.07. The van der Waals surface area contributed by atoms with Gasteiger partial charge in [-0.2, -0.15) is 5.10 Å². The first-order valence-corrected chi connectivity index (χ1v) is 9.00. The summed E-state index contributed by atoms with van der Waals surface area (Å²) in [6.07, 6.45) is 0. The summed E-state index contributed by atoms with van der Waals surface area (Å²) in [5.74, 6) is -0.412. The molecule has 0 aliphatic heterocycles. The Bertz CT molecular complexity index is 919. The van der Waals surface area contributed by atoms with Crippen molar-refractivity contribution in [1.82, 2.24) is 9.78 Å². The highest BCUT2D eigenvalue weighted by molar-refractivity contribution is 6.31. The molecule has 0 saturated carbocycles. The van der Waals surface area contributed by atoms with Crippen LogP contribution < -0.4 is 0 Å². The molecule has 0 spiro atoms. The Morgan fingerprint density at radius 3 is 2.48 bits per heavy atom. The van der Waals surface area contributed by atoms with Crippen LogP contribution in [0.15, 0.2) is 54.6 Å². The summed E-state index contributed by atoms with van der Waals surface area (Å²) in [4.78, 5) is 11.8. The first-order valence-electron chi connectivity index (χ1n) is 8.62. The van der Waals surface area contributed by atoms with Crippen molar-refractivity contribution in [3.63, 3.8) is 0 Å². The Balaban J connectivity index is 1.46. The summed E-state index contributed by atoms with van der Waals surface area (Å²) in [7, 11) is 0. The highest BCUT2D eigenvalue weighted by Gasteiger charge is 2.07. The molecule has 2 aromatic carbocycles. The van der Waals surface area contributed by atoms with Gasteiger partial charge in [-0.3, -0.25) is 0 Å². The summed E-state index contributed by atoms with van der Waals surface area (Å²) >= 11 is 6.05. The van der Waals surface area contributed by atoms with Gasteiger partial charge >= 0.3 is 5.97 Å². The van der Waals surface area contributed by atoms with Gasteiger partial charge in [0.2, 0.25) is 0 Å². The molecule has 0 atom stereocenters. The van der Waals surface area contributed by atoms with Gasteiger partial charge in [-0.25, -0.2) is 9.48 Å². The zero-order valence-electron chi connectivity index (χ0n) is 15.3. The van der Waals surface area contributed by atoms with Crippen LogP contribution in [0, 0.1) is 13.8 Å². The average Bonchev–Trinajstić information content (AvgIpc) is 3.00. The van der Waals surface area contributed by atoms with Crippen molar-refractivity contribution in [2.24, 2.45) is 0 Å². The van der Waals surface area contributed by atoms with E-state index in [0.29, 0.717) is 5.02 Å². The van der Waals surface area contributed by atoms with E-state index in [1.165, 1.54) is 0 Å². The minimum atomic E-state index is -0.412. The molecule has 0 N–H and O–H groups in total. The SMILES string of the molecule is Cc1cc(C)n(-c2ccc(COC(=O)COCc3ccccc3Cl)cc2)n1. The van der Waals surface area contributed by atoms with E-state index in [1.54, 1.807) is 6.07 Å². The smallest absolute Gasteiger partial charge is 0.332 e. The van der Waals surface area contributed by atoms with E-state index in [-0.39, 0.29) is 19.8 Å². The molecule has 27 heavy (non-hydrogen) atoms. The number of carbonyl (C=O) groups excluding carboxylic acids is 1. The van der Waals surface area contributed by atoms with Crippen LogP contribution in [0.25, 0.3) is 5.69 Å². The van der Waals surface area contributed by atoms with Crippen LogP contribution in [0.2, 0.25) is 5.02 Å². The zero-order chi connectivity index (χ0) is 19.2. The third-order valence-corrected chi connectivity index (χ3v) is 4.39. The third-order valence-electron chi connectivity index (χ3n) is 4.03. The number of aryl methyl sites for hydroxylation is 2. The molecule has 3 rings (SSSR count). The number of benzene rings is 2. The Labute approximate surface area is 163 Å². The maximum absolute atomic E-state index is 11.8. The van der Waals surface area contributed by atoms with Gasteiger partial charge in [-0.1, -0.05) is 41.9 Å². The molecule has 0 unspecified atom stereocenters. The van der Waals surface area contributed by atoms with Gasteiger partial charge in [0.05, 0.1) is 18.0 Å². The third kappa shape index (κ3) is 5.18. The van der Waals surface area contributed by atoms with Crippen LogP contribution in [-0.4, -0.2) is 22.4 Å². The Morgan fingerprint density at radius 2 is 1.81 bits per heavy atom. The molecule has 0 radical (unpaired) electrons. The molecular weight excluding hydrogens is 364 g/mol. The van der Waals surface area contributed by atoms with Gasteiger partial charge in [0.15, 0.2) is 0 Å². The molecule has 0 aliphatic carbocycles. The van der Waals surface area contributed by atoms with Crippen molar-refractivity contribution in [3.8, 4) is 5.69 Å². The lowest BCUT2D eigenvalue weighted by atomic mass is 10.2. The number of hydrogen-bond acceptors (Lipinski definition) is 4. The molecule has 1 aromatic heterocycles. The Morgan fingerprint density at radius 1 is 1.07 bits per heavy atom. The molecule has 1 heterocycles. The summed E-state index contributed by atoms with van der Waals surface area (Å²) < 4.78 is 12.5. The van der Waals surface area contributed by atoms with E-state index in [9.17, 15) is 4.79 Å². The predicted octanol–water partition coefficient (Wildman–Crippen LogP) is 4.40. The predicted molar refractivity (Wildman–Crippen MR) is 104 cm³/mol. The molecule has 140 valence electrons. The number of ether oxygens (including phenoxy) is 2. The lowest BCUT2D eigenvalue weighted by Gasteiger charge is -2.08. The van der Waals surface area contributed by atoms with Gasteiger partial charge in [-0.15, -0.1) is 0 Å². The maximum Gasteiger partial charge on any atom is 0.332 e. The average molecular weight is 385 g/mol. The van der Waals surface area contributed by atoms with Crippen molar-refractivity contribution >= 4 is 17.6 Å². The van der Waals surface area contributed by atoms with Gasteiger partial charge in [0.1, 0.15) is 13.2 Å². The van der Waals surface area contributed by atoms with Crippen molar-refractivity contribution in [2.45, 2.75) is 27.1 Å². The van der Waals surface area contributed by atoms with Crippen molar-refractivity contribution in [2.75, 3.05) is 6.61 Å². The van der Waals surface area contributed by atoms with E-state index >= 15 is 0 Å². The van der Waals surface area contributed by atoms with Crippen molar-refractivity contribution in [1.29, 1.82) is 0 Å². The van der Waals surface area contributed by atoms with Crippen LogP contribution in [0.3, 0.4) is 0 Å². The van der Waals surface area contributed by atoms with Gasteiger partial charge in [0, 0.05) is 10.7 Å². The van der Waals surface area contributed by atoms with E-state index < -0.39 is 5.97 Å². The molecule has 3 aromatic rings. The number of rotatable bonds is 7. The van der Waals surface area contributed by atoms with Crippen LogP contribution >= 0.6 is 11.6 Å². The van der Waals surface area contributed by atoms with Crippen molar-refractivity contribution in [3.05, 3.63) is 82.1 Å². The van der Waals surface area contributed by atoms with Gasteiger partial charge < -0.3 is 9.47 Å². The van der Waals surface area contributed by atoms with Crippen LogP contribution in [-0.2, 0) is 27.5 Å². The lowest BCUT2D eigenvalue weighted by molar-refractivity contribution is -0.150. The normalized spacial score (nSPS) is 10.8. The van der Waals surface area contributed by atoms with E-state index in [2.05, 4.69) is 5.10 Å². The number of carbonyl (C=O) groups is 1. The minimum Gasteiger partial charge on any atom is -0.459 e. The zero-order valence-corrected chi connectivity index (χ0v) is 16.1. The van der Waals surface area contributed by atoms with E-state index in [4.69, 9.17) is 21.1 Å². The summed E-state index contributed by atoms with van der Waals surface area (Å²) in [5.41, 5.74) is 4.76. The fourth-order valence-electron chi connectivity index (χ4n) is 2.69. The van der Waals surface area contributed by atoms with Crippen molar-refractivity contribution < 1.29 is 14.3 Å². The highest BCUT2D eigenvalue weighted by Crippen LogP contribution is 2.16. The molecule has 0 bridgehead atoms. The molecule has 0 fully saturated rings.